The molecule has 13 heavy (non-hydrogen) atoms. The van der Waals surface area contributed by atoms with E-state index in [0.29, 0.717) is 0 Å². The van der Waals surface area contributed by atoms with Crippen molar-refractivity contribution in [2.75, 3.05) is 0 Å². The van der Waals surface area contributed by atoms with Gasteiger partial charge < -0.3 is 0 Å². The van der Waals surface area contributed by atoms with Crippen molar-refractivity contribution < 1.29 is 13.2 Å². The van der Waals surface area contributed by atoms with E-state index in [4.69, 9.17) is 5.26 Å². The Morgan fingerprint density at radius 3 is 2.62 bits per heavy atom. The van der Waals surface area contributed by atoms with Gasteiger partial charge >= 0.3 is 0 Å². The van der Waals surface area contributed by atoms with E-state index in [0.717, 1.165) is 6.07 Å². The molecule has 1 aromatic rings. The van der Waals surface area contributed by atoms with Crippen molar-refractivity contribution in [3.05, 3.63) is 27.7 Å². The summed E-state index contributed by atoms with van der Waals surface area (Å²) in [7, 11) is 0. The van der Waals surface area contributed by atoms with Gasteiger partial charge in [-0.25, -0.2) is 13.8 Å². The minimum absolute atomic E-state index is 0.365. The van der Waals surface area contributed by atoms with Crippen molar-refractivity contribution in [1.82, 2.24) is 4.98 Å². The lowest BCUT2D eigenvalue weighted by Crippen LogP contribution is -1.96. The average Bonchev–Trinajstić information content (AvgIpc) is 2.09. The lowest BCUT2D eigenvalue weighted by atomic mass is 10.2. The molecule has 0 unspecified atom stereocenters. The van der Waals surface area contributed by atoms with Crippen LogP contribution >= 0.6 is 15.9 Å². The number of aromatic nitrogens is 1. The summed E-state index contributed by atoms with van der Waals surface area (Å²) in [5.41, 5.74) is -0.931. The molecule has 0 atom stereocenters. The summed E-state index contributed by atoms with van der Waals surface area (Å²) in [4.78, 5) is 3.13. The molecule has 0 fully saturated rings. The highest BCUT2D eigenvalue weighted by molar-refractivity contribution is 9.10. The molecule has 0 saturated carbocycles. The molecular formula is C7H2BrF3N2. The first-order chi connectivity index (χ1) is 6.06. The van der Waals surface area contributed by atoms with E-state index >= 15 is 0 Å². The van der Waals surface area contributed by atoms with Crippen molar-refractivity contribution in [2.24, 2.45) is 0 Å². The predicted octanol–water partition coefficient (Wildman–Crippen LogP) is 2.79. The fourth-order valence-electron chi connectivity index (χ4n) is 0.733. The van der Waals surface area contributed by atoms with Crippen LogP contribution in [0.5, 0.6) is 0 Å². The molecule has 1 heterocycles. The lowest BCUT2D eigenvalue weighted by molar-refractivity contribution is 0.149. The van der Waals surface area contributed by atoms with Crippen molar-refractivity contribution in [3.63, 3.8) is 0 Å². The molecule has 6 heteroatoms. The van der Waals surface area contributed by atoms with Gasteiger partial charge in [0.2, 0.25) is 5.95 Å². The third-order valence-corrected chi connectivity index (χ3v) is 2.08. The standard InChI is InChI=1S/C7H2BrF3N2/c8-5-4(6(9)10)1-3(2-12)13-7(5)11/h1,6H. The highest BCUT2D eigenvalue weighted by atomic mass is 79.9. The number of halogens is 4. The van der Waals surface area contributed by atoms with Crippen molar-refractivity contribution in [1.29, 1.82) is 5.26 Å². The molecular weight excluding hydrogens is 249 g/mol. The zero-order valence-electron chi connectivity index (χ0n) is 6.06. The third-order valence-electron chi connectivity index (χ3n) is 1.30. The van der Waals surface area contributed by atoms with Gasteiger partial charge in [0.05, 0.1) is 4.47 Å². The maximum atomic E-state index is 12.7. The summed E-state index contributed by atoms with van der Waals surface area (Å²) in [6.45, 7) is 0. The van der Waals surface area contributed by atoms with Crippen molar-refractivity contribution in [3.8, 4) is 6.07 Å². The summed E-state index contributed by atoms with van der Waals surface area (Å²) in [5, 5.41) is 8.32. The first kappa shape index (κ1) is 9.99. The van der Waals surface area contributed by atoms with Gasteiger partial charge in [-0.1, -0.05) is 0 Å². The van der Waals surface area contributed by atoms with Crippen LogP contribution in [0, 0.1) is 17.3 Å². The Morgan fingerprint density at radius 2 is 2.15 bits per heavy atom. The molecule has 0 aliphatic rings. The van der Waals surface area contributed by atoms with Gasteiger partial charge in [-0.2, -0.15) is 9.65 Å². The number of nitriles is 1. The zero-order valence-corrected chi connectivity index (χ0v) is 7.65. The number of pyridine rings is 1. The van der Waals surface area contributed by atoms with E-state index in [9.17, 15) is 13.2 Å². The van der Waals surface area contributed by atoms with E-state index in [-0.39, 0.29) is 5.69 Å². The Hall–Kier alpha value is -1.09. The molecule has 0 bridgehead atoms. The second-order valence-electron chi connectivity index (χ2n) is 2.11. The highest BCUT2D eigenvalue weighted by Crippen LogP contribution is 2.28. The van der Waals surface area contributed by atoms with Crippen LogP contribution in [-0.4, -0.2) is 4.98 Å². The third kappa shape index (κ3) is 1.98. The Kier molecular flexibility index (Phi) is 2.88. The summed E-state index contributed by atoms with van der Waals surface area (Å²) >= 11 is 2.62. The predicted molar refractivity (Wildman–Crippen MR) is 41.6 cm³/mol. The number of hydrogen-bond donors (Lipinski definition) is 0. The summed E-state index contributed by atoms with van der Waals surface area (Å²) in [6, 6.07) is 2.33. The van der Waals surface area contributed by atoms with Gasteiger partial charge in [-0.15, -0.1) is 0 Å². The second-order valence-corrected chi connectivity index (χ2v) is 2.91. The fourth-order valence-corrected chi connectivity index (χ4v) is 1.11. The summed E-state index contributed by atoms with van der Waals surface area (Å²) in [5.74, 6) is -1.10. The monoisotopic (exact) mass is 250 g/mol. The fraction of sp³-hybridized carbons (Fsp3) is 0.143. The Morgan fingerprint density at radius 1 is 1.54 bits per heavy atom. The maximum absolute atomic E-state index is 12.7. The van der Waals surface area contributed by atoms with Crippen LogP contribution in [0.3, 0.4) is 0 Å². The Bertz CT molecular complexity index is 373. The molecule has 0 aliphatic heterocycles. The van der Waals surface area contributed by atoms with Crippen molar-refractivity contribution >= 4 is 15.9 Å². The van der Waals surface area contributed by atoms with E-state index < -0.39 is 22.4 Å². The molecule has 0 saturated heterocycles. The number of nitrogens with zero attached hydrogens (tertiary/aromatic N) is 2. The van der Waals surface area contributed by atoms with Gasteiger partial charge in [-0.3, -0.25) is 0 Å². The van der Waals surface area contributed by atoms with Gasteiger partial charge in [0.15, 0.2) is 0 Å². The highest BCUT2D eigenvalue weighted by Gasteiger charge is 2.17. The van der Waals surface area contributed by atoms with Gasteiger partial charge in [0, 0.05) is 5.56 Å². The van der Waals surface area contributed by atoms with Gasteiger partial charge in [0.25, 0.3) is 6.43 Å². The molecule has 1 rings (SSSR count). The van der Waals surface area contributed by atoms with Gasteiger partial charge in [0.1, 0.15) is 11.8 Å². The average molecular weight is 251 g/mol. The lowest BCUT2D eigenvalue weighted by Gasteiger charge is -2.03. The topological polar surface area (TPSA) is 36.7 Å². The molecule has 0 radical (unpaired) electrons. The molecule has 0 spiro atoms. The molecule has 2 nitrogen and oxygen atoms in total. The second kappa shape index (κ2) is 3.75. The first-order valence-electron chi connectivity index (χ1n) is 3.10. The van der Waals surface area contributed by atoms with Crippen LogP contribution in [-0.2, 0) is 0 Å². The van der Waals surface area contributed by atoms with Crippen LogP contribution < -0.4 is 0 Å². The summed E-state index contributed by atoms with van der Waals surface area (Å²) in [6.07, 6.45) is -2.83. The quantitative estimate of drug-likeness (QED) is 0.719. The Balaban J connectivity index is 3.35. The molecule has 0 aliphatic carbocycles. The summed E-state index contributed by atoms with van der Waals surface area (Å²) < 4.78 is 36.7. The van der Waals surface area contributed by atoms with E-state index in [1.54, 1.807) is 0 Å². The van der Waals surface area contributed by atoms with Crippen LogP contribution in [0.15, 0.2) is 10.5 Å². The smallest absolute Gasteiger partial charge is 0.208 e. The number of hydrogen-bond acceptors (Lipinski definition) is 2. The zero-order chi connectivity index (χ0) is 10.0. The minimum Gasteiger partial charge on any atom is -0.208 e. The molecule has 68 valence electrons. The SMILES string of the molecule is N#Cc1cc(C(F)F)c(Br)c(F)n1. The molecule has 0 amide bonds. The normalized spacial score (nSPS) is 10.2. The molecule has 1 aromatic heterocycles. The van der Waals surface area contributed by atoms with Crippen LogP contribution in [0.2, 0.25) is 0 Å². The van der Waals surface area contributed by atoms with E-state index in [1.807, 2.05) is 0 Å². The molecule has 0 aromatic carbocycles. The first-order valence-corrected chi connectivity index (χ1v) is 3.89. The van der Waals surface area contributed by atoms with E-state index in [1.165, 1.54) is 6.07 Å². The van der Waals surface area contributed by atoms with Crippen LogP contribution in [0.1, 0.15) is 17.7 Å². The largest absolute Gasteiger partial charge is 0.265 e. The molecule has 0 N–H and O–H groups in total. The van der Waals surface area contributed by atoms with Crippen molar-refractivity contribution in [2.45, 2.75) is 6.43 Å². The van der Waals surface area contributed by atoms with E-state index in [2.05, 4.69) is 20.9 Å². The van der Waals surface area contributed by atoms with Crippen LogP contribution in [0.25, 0.3) is 0 Å². The van der Waals surface area contributed by atoms with Crippen LogP contribution in [0.4, 0.5) is 13.2 Å². The minimum atomic E-state index is -2.83. The number of rotatable bonds is 1. The number of alkyl halides is 2. The van der Waals surface area contributed by atoms with Gasteiger partial charge in [-0.05, 0) is 22.0 Å². The Labute approximate surface area is 80.1 Å². The maximum Gasteiger partial charge on any atom is 0.265 e.